The maximum atomic E-state index is 11.9. The summed E-state index contributed by atoms with van der Waals surface area (Å²) in [4.78, 5) is 9.76. The standard InChI is InChI=1S/C15H33O5P/c1-8-9-10-21(16,17)19-12-13(20-15(5,6)7)11-18-14(2,3)4/h13H,8-12H2,1-7H3,(H,16,17). The third kappa shape index (κ3) is 13.5. The summed E-state index contributed by atoms with van der Waals surface area (Å²) in [6.07, 6.45) is 1.36. The highest BCUT2D eigenvalue weighted by molar-refractivity contribution is 7.52. The van der Waals surface area contributed by atoms with Crippen molar-refractivity contribution >= 4 is 7.60 Å². The smallest absolute Gasteiger partial charge is 0.328 e. The first-order valence-electron chi connectivity index (χ1n) is 7.63. The van der Waals surface area contributed by atoms with Gasteiger partial charge >= 0.3 is 7.60 Å². The fraction of sp³-hybridized carbons (Fsp3) is 1.00. The average molecular weight is 324 g/mol. The van der Waals surface area contributed by atoms with Crippen molar-refractivity contribution in [3.05, 3.63) is 0 Å². The summed E-state index contributed by atoms with van der Waals surface area (Å²) in [5, 5.41) is 0. The van der Waals surface area contributed by atoms with Crippen LogP contribution in [0.1, 0.15) is 61.3 Å². The second-order valence-electron chi connectivity index (χ2n) is 7.29. The third-order valence-corrected chi connectivity index (χ3v) is 3.91. The molecule has 0 spiro atoms. The first-order valence-corrected chi connectivity index (χ1v) is 9.39. The topological polar surface area (TPSA) is 65.0 Å². The monoisotopic (exact) mass is 324 g/mol. The van der Waals surface area contributed by atoms with Crippen LogP contribution in [0, 0.1) is 0 Å². The Morgan fingerprint density at radius 3 is 2.05 bits per heavy atom. The highest BCUT2D eigenvalue weighted by Crippen LogP contribution is 2.43. The van der Waals surface area contributed by atoms with E-state index in [1.807, 2.05) is 48.5 Å². The van der Waals surface area contributed by atoms with Gasteiger partial charge in [0, 0.05) is 6.16 Å². The van der Waals surface area contributed by atoms with E-state index in [4.69, 9.17) is 14.0 Å². The quantitative estimate of drug-likeness (QED) is 0.650. The molecule has 2 atom stereocenters. The second-order valence-corrected chi connectivity index (χ2v) is 9.27. The summed E-state index contributed by atoms with van der Waals surface area (Å²) in [5.41, 5.74) is -0.650. The highest BCUT2D eigenvalue weighted by Gasteiger charge is 2.26. The van der Waals surface area contributed by atoms with Gasteiger partial charge in [-0.3, -0.25) is 4.57 Å². The van der Waals surface area contributed by atoms with Crippen molar-refractivity contribution in [2.45, 2.75) is 78.6 Å². The minimum absolute atomic E-state index is 0.0604. The molecule has 0 heterocycles. The van der Waals surface area contributed by atoms with Gasteiger partial charge < -0.3 is 18.9 Å². The van der Waals surface area contributed by atoms with Gasteiger partial charge in [0.05, 0.1) is 24.4 Å². The molecule has 0 aliphatic heterocycles. The van der Waals surface area contributed by atoms with Gasteiger partial charge in [0.15, 0.2) is 0 Å². The van der Waals surface area contributed by atoms with Crippen LogP contribution in [-0.2, 0) is 18.6 Å². The van der Waals surface area contributed by atoms with Crippen LogP contribution >= 0.6 is 7.60 Å². The minimum atomic E-state index is -3.53. The van der Waals surface area contributed by atoms with Gasteiger partial charge in [-0.05, 0) is 48.0 Å². The predicted octanol–water partition coefficient (Wildman–Crippen LogP) is 3.99. The van der Waals surface area contributed by atoms with Gasteiger partial charge in [0.1, 0.15) is 6.10 Å². The van der Waals surface area contributed by atoms with Crippen LogP contribution < -0.4 is 0 Å². The summed E-state index contributed by atoms with van der Waals surface area (Å²) < 4.78 is 28.7. The van der Waals surface area contributed by atoms with E-state index in [1.165, 1.54) is 0 Å². The first-order chi connectivity index (χ1) is 9.35. The van der Waals surface area contributed by atoms with E-state index in [-0.39, 0.29) is 30.1 Å². The molecule has 0 radical (unpaired) electrons. The van der Waals surface area contributed by atoms with Crippen molar-refractivity contribution in [2.24, 2.45) is 0 Å². The maximum Gasteiger partial charge on any atom is 0.328 e. The van der Waals surface area contributed by atoms with Gasteiger partial charge in [0.2, 0.25) is 0 Å². The Bertz CT molecular complexity index is 330. The Morgan fingerprint density at radius 2 is 1.62 bits per heavy atom. The molecule has 0 bridgehead atoms. The number of rotatable bonds is 9. The molecule has 21 heavy (non-hydrogen) atoms. The normalized spacial score (nSPS) is 17.5. The molecule has 0 rings (SSSR count). The number of hydrogen-bond acceptors (Lipinski definition) is 4. The molecule has 0 fully saturated rings. The van der Waals surface area contributed by atoms with Gasteiger partial charge in [-0.2, -0.15) is 0 Å². The van der Waals surface area contributed by atoms with Gasteiger partial charge in [0.25, 0.3) is 0 Å². The third-order valence-electron chi connectivity index (χ3n) is 2.48. The molecular weight excluding hydrogens is 291 g/mol. The van der Waals surface area contributed by atoms with Crippen LogP contribution in [0.4, 0.5) is 0 Å². The van der Waals surface area contributed by atoms with Crippen LogP contribution in [0.15, 0.2) is 0 Å². The maximum absolute atomic E-state index is 11.9. The summed E-state index contributed by atoms with van der Waals surface area (Å²) in [7, 11) is -3.53. The molecule has 0 aromatic carbocycles. The molecule has 0 saturated carbocycles. The molecule has 2 unspecified atom stereocenters. The molecule has 0 aliphatic carbocycles. The molecule has 0 amide bonds. The van der Waals surface area contributed by atoms with Crippen LogP contribution in [0.5, 0.6) is 0 Å². The lowest BCUT2D eigenvalue weighted by Gasteiger charge is -2.30. The SMILES string of the molecule is CCCCP(=O)(O)OCC(COC(C)(C)C)OC(C)(C)C. The minimum Gasteiger partial charge on any atom is -0.373 e. The van der Waals surface area contributed by atoms with Crippen molar-refractivity contribution in [1.29, 1.82) is 0 Å². The first kappa shape index (κ1) is 21.1. The van der Waals surface area contributed by atoms with Crippen LogP contribution in [0.25, 0.3) is 0 Å². The predicted molar refractivity (Wildman–Crippen MR) is 85.9 cm³/mol. The van der Waals surface area contributed by atoms with E-state index in [9.17, 15) is 9.46 Å². The van der Waals surface area contributed by atoms with E-state index in [0.717, 1.165) is 6.42 Å². The second kappa shape index (κ2) is 8.64. The number of unbranched alkanes of at least 4 members (excludes halogenated alkanes) is 1. The van der Waals surface area contributed by atoms with Crippen molar-refractivity contribution in [3.63, 3.8) is 0 Å². The lowest BCUT2D eigenvalue weighted by atomic mass is 10.1. The van der Waals surface area contributed by atoms with Crippen LogP contribution in [0.2, 0.25) is 0 Å². The van der Waals surface area contributed by atoms with Crippen molar-refractivity contribution in [3.8, 4) is 0 Å². The lowest BCUT2D eigenvalue weighted by molar-refractivity contribution is -0.130. The molecular formula is C15H33O5P. The van der Waals surface area contributed by atoms with E-state index in [0.29, 0.717) is 13.0 Å². The van der Waals surface area contributed by atoms with Gasteiger partial charge in [-0.25, -0.2) is 0 Å². The summed E-state index contributed by atoms with van der Waals surface area (Å²) in [6, 6.07) is 0. The Labute approximate surface area is 129 Å². The Morgan fingerprint density at radius 1 is 1.05 bits per heavy atom. The van der Waals surface area contributed by atoms with E-state index in [2.05, 4.69) is 0 Å². The Kier molecular flexibility index (Phi) is 8.67. The van der Waals surface area contributed by atoms with Gasteiger partial charge in [-0.1, -0.05) is 13.3 Å². The molecule has 0 saturated heterocycles. The molecule has 0 aromatic heterocycles. The molecule has 6 heteroatoms. The molecule has 0 aliphatic rings. The zero-order valence-corrected chi connectivity index (χ0v) is 15.5. The van der Waals surface area contributed by atoms with E-state index < -0.39 is 7.60 Å². The van der Waals surface area contributed by atoms with Crippen LogP contribution in [0.3, 0.4) is 0 Å². The zero-order chi connectivity index (χ0) is 16.7. The largest absolute Gasteiger partial charge is 0.373 e. The molecule has 5 nitrogen and oxygen atoms in total. The van der Waals surface area contributed by atoms with Gasteiger partial charge in [-0.15, -0.1) is 0 Å². The zero-order valence-electron chi connectivity index (χ0n) is 14.6. The summed E-state index contributed by atoms with van der Waals surface area (Å²) in [5.74, 6) is 0. The lowest BCUT2D eigenvalue weighted by Crippen LogP contribution is -2.36. The van der Waals surface area contributed by atoms with E-state index in [1.54, 1.807) is 0 Å². The molecule has 128 valence electrons. The molecule has 1 N–H and O–H groups in total. The van der Waals surface area contributed by atoms with Crippen LogP contribution in [-0.4, -0.2) is 41.6 Å². The fourth-order valence-corrected chi connectivity index (χ4v) is 2.83. The number of ether oxygens (including phenoxy) is 2. The number of hydrogen-bond donors (Lipinski definition) is 1. The molecule has 0 aromatic rings. The van der Waals surface area contributed by atoms with E-state index >= 15 is 0 Å². The van der Waals surface area contributed by atoms with Crippen molar-refractivity contribution in [2.75, 3.05) is 19.4 Å². The van der Waals surface area contributed by atoms with Crippen molar-refractivity contribution < 1.29 is 23.5 Å². The Balaban J connectivity index is 4.49. The Hall–Kier alpha value is 0.0700. The average Bonchev–Trinajstić information content (AvgIpc) is 2.28. The summed E-state index contributed by atoms with van der Waals surface area (Å²) in [6.45, 7) is 14.1. The fourth-order valence-electron chi connectivity index (χ4n) is 1.58. The summed E-state index contributed by atoms with van der Waals surface area (Å²) >= 11 is 0. The van der Waals surface area contributed by atoms with Crippen molar-refractivity contribution in [1.82, 2.24) is 0 Å². The highest BCUT2D eigenvalue weighted by atomic mass is 31.2.